The van der Waals surface area contributed by atoms with Gasteiger partial charge in [-0.15, -0.1) is 0 Å². The number of aromatic nitrogens is 2. The second kappa shape index (κ2) is 5.52. The summed E-state index contributed by atoms with van der Waals surface area (Å²) in [5, 5.41) is 3.42. The predicted molar refractivity (Wildman–Crippen MR) is 75.0 cm³/mol. The second-order valence-electron chi connectivity index (χ2n) is 5.35. The third kappa shape index (κ3) is 3.10. The SMILES string of the molecule is Cc1cnc(N[C@H]2CC[C@@H](N)CC2)nc1N(C)C. The Morgan fingerprint density at radius 1 is 1.28 bits per heavy atom. The first-order valence-electron chi connectivity index (χ1n) is 6.59. The molecule has 0 amide bonds. The molecular formula is C13H23N5. The molecule has 0 spiro atoms. The van der Waals surface area contributed by atoms with Crippen molar-refractivity contribution in [3.8, 4) is 0 Å². The molecule has 18 heavy (non-hydrogen) atoms. The van der Waals surface area contributed by atoms with Gasteiger partial charge >= 0.3 is 0 Å². The van der Waals surface area contributed by atoms with Crippen LogP contribution in [0.25, 0.3) is 0 Å². The van der Waals surface area contributed by atoms with Crippen LogP contribution in [0.1, 0.15) is 31.2 Å². The Hall–Kier alpha value is -1.36. The maximum absolute atomic E-state index is 5.91. The number of nitrogens with one attached hydrogen (secondary N) is 1. The van der Waals surface area contributed by atoms with Gasteiger partial charge in [0.05, 0.1) is 0 Å². The second-order valence-corrected chi connectivity index (χ2v) is 5.35. The molecule has 3 N–H and O–H groups in total. The van der Waals surface area contributed by atoms with E-state index < -0.39 is 0 Å². The predicted octanol–water partition coefficient (Wildman–Crippen LogP) is 1.53. The summed E-state index contributed by atoms with van der Waals surface area (Å²) in [6.07, 6.45) is 6.26. The molecule has 0 saturated heterocycles. The fourth-order valence-electron chi connectivity index (χ4n) is 2.40. The average molecular weight is 249 g/mol. The van der Waals surface area contributed by atoms with Crippen LogP contribution < -0.4 is 16.0 Å². The lowest BCUT2D eigenvalue weighted by atomic mass is 9.92. The molecule has 5 heteroatoms. The molecule has 0 bridgehead atoms. The van der Waals surface area contributed by atoms with E-state index in [0.717, 1.165) is 43.0 Å². The van der Waals surface area contributed by atoms with E-state index in [2.05, 4.69) is 15.3 Å². The molecule has 0 unspecified atom stereocenters. The van der Waals surface area contributed by atoms with E-state index in [1.165, 1.54) is 0 Å². The summed E-state index contributed by atoms with van der Waals surface area (Å²) in [4.78, 5) is 10.9. The monoisotopic (exact) mass is 249 g/mol. The highest BCUT2D eigenvalue weighted by atomic mass is 15.2. The summed E-state index contributed by atoms with van der Waals surface area (Å²) in [6, 6.07) is 0.835. The molecule has 1 aliphatic carbocycles. The molecule has 1 aromatic rings. The molecule has 1 fully saturated rings. The quantitative estimate of drug-likeness (QED) is 0.850. The topological polar surface area (TPSA) is 67.1 Å². The zero-order valence-electron chi connectivity index (χ0n) is 11.5. The van der Waals surface area contributed by atoms with Crippen LogP contribution in [-0.2, 0) is 0 Å². The largest absolute Gasteiger partial charge is 0.362 e. The van der Waals surface area contributed by atoms with Crippen molar-refractivity contribution in [2.75, 3.05) is 24.3 Å². The van der Waals surface area contributed by atoms with Gasteiger partial charge in [0, 0.05) is 37.9 Å². The van der Waals surface area contributed by atoms with Crippen molar-refractivity contribution in [2.24, 2.45) is 5.73 Å². The lowest BCUT2D eigenvalue weighted by molar-refractivity contribution is 0.410. The van der Waals surface area contributed by atoms with Crippen molar-refractivity contribution in [1.82, 2.24) is 9.97 Å². The van der Waals surface area contributed by atoms with Crippen LogP contribution in [0, 0.1) is 6.92 Å². The first-order chi connectivity index (χ1) is 8.56. The summed E-state index contributed by atoms with van der Waals surface area (Å²) in [6.45, 7) is 2.03. The summed E-state index contributed by atoms with van der Waals surface area (Å²) in [5.74, 6) is 1.70. The average Bonchev–Trinajstić information content (AvgIpc) is 2.34. The van der Waals surface area contributed by atoms with Crippen molar-refractivity contribution in [3.63, 3.8) is 0 Å². The molecule has 2 rings (SSSR count). The molecule has 1 aliphatic rings. The van der Waals surface area contributed by atoms with E-state index in [1.807, 2.05) is 32.1 Å². The highest BCUT2D eigenvalue weighted by molar-refractivity contribution is 5.47. The molecule has 0 radical (unpaired) electrons. The van der Waals surface area contributed by atoms with Gasteiger partial charge in [-0.1, -0.05) is 0 Å². The summed E-state index contributed by atoms with van der Waals surface area (Å²) in [5.41, 5.74) is 7.00. The first kappa shape index (κ1) is 13.1. The molecule has 100 valence electrons. The molecule has 0 aromatic carbocycles. The van der Waals surface area contributed by atoms with E-state index in [-0.39, 0.29) is 0 Å². The molecule has 1 aromatic heterocycles. The number of anilines is 2. The first-order valence-corrected chi connectivity index (χ1v) is 6.59. The number of hydrogen-bond acceptors (Lipinski definition) is 5. The number of nitrogens with two attached hydrogens (primary N) is 1. The van der Waals surface area contributed by atoms with Crippen LogP contribution in [0.4, 0.5) is 11.8 Å². The zero-order chi connectivity index (χ0) is 13.1. The van der Waals surface area contributed by atoms with Gasteiger partial charge in [0.2, 0.25) is 5.95 Å². The van der Waals surface area contributed by atoms with Crippen molar-refractivity contribution in [3.05, 3.63) is 11.8 Å². The summed E-state index contributed by atoms with van der Waals surface area (Å²) < 4.78 is 0. The van der Waals surface area contributed by atoms with Crippen LogP contribution in [0.5, 0.6) is 0 Å². The fourth-order valence-corrected chi connectivity index (χ4v) is 2.40. The van der Waals surface area contributed by atoms with Gasteiger partial charge in [0.25, 0.3) is 0 Å². The molecule has 0 atom stereocenters. The number of nitrogens with zero attached hydrogens (tertiary/aromatic N) is 3. The van der Waals surface area contributed by atoms with Gasteiger partial charge in [-0.25, -0.2) is 4.98 Å². The highest BCUT2D eigenvalue weighted by Gasteiger charge is 2.19. The Labute approximate surface area is 109 Å². The van der Waals surface area contributed by atoms with E-state index in [4.69, 9.17) is 5.73 Å². The van der Waals surface area contributed by atoms with Crippen LogP contribution in [0.2, 0.25) is 0 Å². The van der Waals surface area contributed by atoms with Gasteiger partial charge in [-0.2, -0.15) is 4.98 Å². The molecule has 0 aliphatic heterocycles. The van der Waals surface area contributed by atoms with Gasteiger partial charge in [-0.3, -0.25) is 0 Å². The van der Waals surface area contributed by atoms with Crippen LogP contribution >= 0.6 is 0 Å². The van der Waals surface area contributed by atoms with Gasteiger partial charge < -0.3 is 16.0 Å². The lowest BCUT2D eigenvalue weighted by Gasteiger charge is -2.27. The Bertz CT molecular complexity index is 396. The van der Waals surface area contributed by atoms with E-state index >= 15 is 0 Å². The summed E-state index contributed by atoms with van der Waals surface area (Å²) >= 11 is 0. The lowest BCUT2D eigenvalue weighted by Crippen LogP contribution is -2.33. The molecular weight excluding hydrogens is 226 g/mol. The Morgan fingerprint density at radius 2 is 1.94 bits per heavy atom. The Kier molecular flexibility index (Phi) is 4.01. The maximum atomic E-state index is 5.91. The fraction of sp³-hybridized carbons (Fsp3) is 0.692. The standard InChI is InChI=1S/C13H23N5/c1-9-8-15-13(17-12(9)18(2)3)16-11-6-4-10(14)5-7-11/h8,10-11H,4-7,14H2,1-3H3,(H,15,16,17)/t10-,11+. The van der Waals surface area contributed by atoms with Crippen molar-refractivity contribution in [2.45, 2.75) is 44.7 Å². The van der Waals surface area contributed by atoms with E-state index in [9.17, 15) is 0 Å². The van der Waals surface area contributed by atoms with Crippen LogP contribution in [0.15, 0.2) is 6.20 Å². The van der Waals surface area contributed by atoms with Crippen molar-refractivity contribution in [1.29, 1.82) is 0 Å². The smallest absolute Gasteiger partial charge is 0.224 e. The minimum absolute atomic E-state index is 0.374. The van der Waals surface area contributed by atoms with E-state index in [0.29, 0.717) is 12.1 Å². The van der Waals surface area contributed by atoms with Gasteiger partial charge in [0.1, 0.15) is 5.82 Å². The molecule has 1 heterocycles. The molecule has 1 saturated carbocycles. The molecule has 5 nitrogen and oxygen atoms in total. The number of aryl methyl sites for hydroxylation is 1. The normalized spacial score (nSPS) is 23.8. The third-order valence-corrected chi connectivity index (χ3v) is 3.47. The summed E-state index contributed by atoms with van der Waals surface area (Å²) in [7, 11) is 4.00. The Balaban J connectivity index is 2.03. The minimum atomic E-state index is 0.374. The van der Waals surface area contributed by atoms with Crippen molar-refractivity contribution < 1.29 is 0 Å². The Morgan fingerprint density at radius 3 is 2.56 bits per heavy atom. The minimum Gasteiger partial charge on any atom is -0.362 e. The van der Waals surface area contributed by atoms with E-state index in [1.54, 1.807) is 0 Å². The van der Waals surface area contributed by atoms with Gasteiger partial charge in [0.15, 0.2) is 0 Å². The third-order valence-electron chi connectivity index (χ3n) is 3.47. The number of rotatable bonds is 3. The van der Waals surface area contributed by atoms with Crippen LogP contribution in [0.3, 0.4) is 0 Å². The zero-order valence-corrected chi connectivity index (χ0v) is 11.5. The highest BCUT2D eigenvalue weighted by Crippen LogP contribution is 2.21. The van der Waals surface area contributed by atoms with Gasteiger partial charge in [-0.05, 0) is 32.6 Å². The maximum Gasteiger partial charge on any atom is 0.224 e. The van der Waals surface area contributed by atoms with Crippen LogP contribution in [-0.4, -0.2) is 36.1 Å². The van der Waals surface area contributed by atoms with Crippen molar-refractivity contribution >= 4 is 11.8 Å². The number of hydrogen-bond donors (Lipinski definition) is 2.